The summed E-state index contributed by atoms with van der Waals surface area (Å²) in [6.45, 7) is 4.36. The number of hydrogen-bond acceptors (Lipinski definition) is 8. The van der Waals surface area contributed by atoms with Gasteiger partial charge in [-0.05, 0) is 31.5 Å². The van der Waals surface area contributed by atoms with E-state index in [0.717, 1.165) is 12.7 Å². The monoisotopic (exact) mass is 538 g/mol. The van der Waals surface area contributed by atoms with Crippen LogP contribution >= 0.6 is 0 Å². The van der Waals surface area contributed by atoms with Crippen LogP contribution in [0.3, 0.4) is 0 Å². The fraction of sp³-hybridized carbons (Fsp3) is 0.500. The minimum atomic E-state index is -3.94. The first kappa shape index (κ1) is 26.3. The van der Waals surface area contributed by atoms with Gasteiger partial charge in [-0.3, -0.25) is 9.48 Å². The normalized spacial score (nSPS) is 16.0. The number of piperazine rings is 1. The van der Waals surface area contributed by atoms with Crippen LogP contribution in [-0.4, -0.2) is 84.2 Å². The van der Waals surface area contributed by atoms with Gasteiger partial charge in [0.15, 0.2) is 5.52 Å². The van der Waals surface area contributed by atoms with E-state index in [1.54, 1.807) is 20.0 Å². The van der Waals surface area contributed by atoms with Crippen LogP contribution in [0.4, 0.5) is 0 Å². The standard InChI is InChI=1S/C22H30N6O6S2/c1-5-7-17-19-20(26(3)25-17)22(29)24-21(23-19)16-14-15(8-9-18(16)34-6-2)36(32,33)28-12-10-27(11-13-28)35(4,30)31/h8-9,14H,5-7,10-13H2,1-4H3,(H,23,24,29). The smallest absolute Gasteiger partial charge is 0.277 e. The molecule has 0 saturated carbocycles. The number of rotatable bonds is 8. The van der Waals surface area contributed by atoms with Crippen molar-refractivity contribution in [3.05, 3.63) is 34.2 Å². The lowest BCUT2D eigenvalue weighted by molar-refractivity contribution is 0.274. The van der Waals surface area contributed by atoms with Gasteiger partial charge in [0, 0.05) is 33.2 Å². The molecule has 12 nitrogen and oxygen atoms in total. The Labute approximate surface area is 210 Å². The van der Waals surface area contributed by atoms with E-state index in [1.165, 1.54) is 25.4 Å². The third-order valence-electron chi connectivity index (χ3n) is 6.06. The Bertz CT molecular complexity index is 1550. The van der Waals surface area contributed by atoms with Crippen LogP contribution in [0.15, 0.2) is 27.9 Å². The molecule has 36 heavy (non-hydrogen) atoms. The summed E-state index contributed by atoms with van der Waals surface area (Å²) < 4.78 is 60.2. The molecule has 196 valence electrons. The van der Waals surface area contributed by atoms with Crippen LogP contribution in [0.5, 0.6) is 5.75 Å². The second kappa shape index (κ2) is 9.92. The lowest BCUT2D eigenvalue weighted by Crippen LogP contribution is -2.50. The molecule has 14 heteroatoms. The predicted octanol–water partition coefficient (Wildman–Crippen LogP) is 0.941. The molecule has 0 unspecified atom stereocenters. The second-order valence-corrected chi connectivity index (χ2v) is 12.5. The van der Waals surface area contributed by atoms with E-state index in [2.05, 4.69) is 15.1 Å². The maximum atomic E-state index is 13.4. The molecule has 1 saturated heterocycles. The zero-order valence-corrected chi connectivity index (χ0v) is 22.3. The van der Waals surface area contributed by atoms with Crippen LogP contribution in [0.2, 0.25) is 0 Å². The van der Waals surface area contributed by atoms with Crippen LogP contribution in [0.1, 0.15) is 26.0 Å². The van der Waals surface area contributed by atoms with Crippen molar-refractivity contribution in [3.8, 4) is 17.1 Å². The van der Waals surface area contributed by atoms with E-state index >= 15 is 0 Å². The number of aromatic amines is 1. The SMILES string of the molecule is CCCc1nn(C)c2c(=O)[nH]c(-c3cc(S(=O)(=O)N4CCN(S(C)(=O)=O)CC4)ccc3OCC)nc12. The molecule has 1 aliphatic rings. The molecule has 2 aromatic heterocycles. The highest BCUT2D eigenvalue weighted by molar-refractivity contribution is 7.89. The van der Waals surface area contributed by atoms with Gasteiger partial charge in [-0.25, -0.2) is 21.8 Å². The lowest BCUT2D eigenvalue weighted by Gasteiger charge is -2.32. The summed E-state index contributed by atoms with van der Waals surface area (Å²) in [5.74, 6) is 0.557. The van der Waals surface area contributed by atoms with Crippen LogP contribution in [-0.2, 0) is 33.5 Å². The van der Waals surface area contributed by atoms with E-state index in [9.17, 15) is 21.6 Å². The Morgan fingerprint density at radius 1 is 1.06 bits per heavy atom. The van der Waals surface area contributed by atoms with E-state index in [1.807, 2.05) is 6.92 Å². The zero-order valence-electron chi connectivity index (χ0n) is 20.7. The fourth-order valence-electron chi connectivity index (χ4n) is 4.31. The first-order valence-corrected chi connectivity index (χ1v) is 14.9. The highest BCUT2D eigenvalue weighted by Gasteiger charge is 2.32. The number of hydrogen-bond donors (Lipinski definition) is 1. The maximum absolute atomic E-state index is 13.4. The van der Waals surface area contributed by atoms with Crippen molar-refractivity contribution in [1.82, 2.24) is 28.4 Å². The maximum Gasteiger partial charge on any atom is 0.277 e. The van der Waals surface area contributed by atoms with Gasteiger partial charge in [0.2, 0.25) is 20.0 Å². The van der Waals surface area contributed by atoms with Gasteiger partial charge in [-0.2, -0.15) is 13.7 Å². The Hall–Kier alpha value is -2.81. The van der Waals surface area contributed by atoms with Gasteiger partial charge in [0.1, 0.15) is 17.1 Å². The number of aromatic nitrogens is 4. The topological polar surface area (TPSA) is 148 Å². The Kier molecular flexibility index (Phi) is 7.23. The van der Waals surface area contributed by atoms with Gasteiger partial charge in [0.25, 0.3) is 5.56 Å². The van der Waals surface area contributed by atoms with Crippen LogP contribution < -0.4 is 10.3 Å². The molecule has 4 rings (SSSR count). The molecule has 3 aromatic rings. The minimum absolute atomic E-state index is 0.00327. The lowest BCUT2D eigenvalue weighted by atomic mass is 10.1. The summed E-state index contributed by atoms with van der Waals surface area (Å²) in [6.07, 6.45) is 2.56. The number of sulfonamides is 2. The van der Waals surface area contributed by atoms with Crippen molar-refractivity contribution in [2.75, 3.05) is 39.0 Å². The average Bonchev–Trinajstić information content (AvgIpc) is 3.14. The Morgan fingerprint density at radius 3 is 2.33 bits per heavy atom. The van der Waals surface area contributed by atoms with E-state index < -0.39 is 20.0 Å². The molecule has 0 aliphatic carbocycles. The van der Waals surface area contributed by atoms with Crippen molar-refractivity contribution < 1.29 is 21.6 Å². The van der Waals surface area contributed by atoms with Gasteiger partial charge in [-0.15, -0.1) is 0 Å². The number of aryl methyl sites for hydroxylation is 2. The summed E-state index contributed by atoms with van der Waals surface area (Å²) in [4.78, 5) is 20.4. The number of ether oxygens (including phenoxy) is 1. The molecular weight excluding hydrogens is 508 g/mol. The highest BCUT2D eigenvalue weighted by Crippen LogP contribution is 2.32. The fourth-order valence-corrected chi connectivity index (χ4v) is 6.58. The van der Waals surface area contributed by atoms with Crippen molar-refractivity contribution in [2.24, 2.45) is 7.05 Å². The van der Waals surface area contributed by atoms with Gasteiger partial charge < -0.3 is 9.72 Å². The van der Waals surface area contributed by atoms with Crippen molar-refractivity contribution >= 4 is 31.1 Å². The summed E-state index contributed by atoms with van der Waals surface area (Å²) in [5.41, 5.74) is 1.43. The molecule has 0 amide bonds. The molecule has 0 atom stereocenters. The Morgan fingerprint density at radius 2 is 1.72 bits per heavy atom. The predicted molar refractivity (Wildman–Crippen MR) is 135 cm³/mol. The molecule has 1 fully saturated rings. The first-order valence-electron chi connectivity index (χ1n) is 11.7. The summed E-state index contributed by atoms with van der Waals surface area (Å²) in [5, 5.41) is 4.43. The van der Waals surface area contributed by atoms with E-state index in [0.29, 0.717) is 41.1 Å². The number of nitrogens with one attached hydrogen (secondary N) is 1. The molecule has 1 aromatic carbocycles. The third kappa shape index (κ3) is 4.90. The van der Waals surface area contributed by atoms with Crippen molar-refractivity contribution in [3.63, 3.8) is 0 Å². The number of benzene rings is 1. The zero-order chi connectivity index (χ0) is 26.3. The molecule has 3 heterocycles. The van der Waals surface area contributed by atoms with Gasteiger partial charge >= 0.3 is 0 Å². The molecule has 1 N–H and O–H groups in total. The van der Waals surface area contributed by atoms with Crippen LogP contribution in [0.25, 0.3) is 22.4 Å². The minimum Gasteiger partial charge on any atom is -0.493 e. The quantitative estimate of drug-likeness (QED) is 0.446. The number of fused-ring (bicyclic) bond motifs is 1. The van der Waals surface area contributed by atoms with Gasteiger partial charge in [-0.1, -0.05) is 13.3 Å². The van der Waals surface area contributed by atoms with Gasteiger partial charge in [0.05, 0.1) is 29.0 Å². The summed E-state index contributed by atoms with van der Waals surface area (Å²) in [6, 6.07) is 4.41. The molecule has 1 aliphatic heterocycles. The summed E-state index contributed by atoms with van der Waals surface area (Å²) in [7, 11) is -5.65. The molecule has 0 radical (unpaired) electrons. The molecule has 0 spiro atoms. The largest absolute Gasteiger partial charge is 0.493 e. The second-order valence-electron chi connectivity index (χ2n) is 8.59. The number of H-pyrrole nitrogens is 1. The highest BCUT2D eigenvalue weighted by atomic mass is 32.2. The van der Waals surface area contributed by atoms with Crippen molar-refractivity contribution in [2.45, 2.75) is 31.6 Å². The number of nitrogens with zero attached hydrogens (tertiary/aromatic N) is 5. The molecular formula is C22H30N6O6S2. The molecule has 0 bridgehead atoms. The van der Waals surface area contributed by atoms with E-state index in [4.69, 9.17) is 4.74 Å². The van der Waals surface area contributed by atoms with Crippen LogP contribution in [0, 0.1) is 0 Å². The summed E-state index contributed by atoms with van der Waals surface area (Å²) >= 11 is 0. The third-order valence-corrected chi connectivity index (χ3v) is 9.26. The Balaban J connectivity index is 1.78. The van der Waals surface area contributed by atoms with Crippen molar-refractivity contribution in [1.29, 1.82) is 0 Å². The van der Waals surface area contributed by atoms with E-state index in [-0.39, 0.29) is 42.5 Å². The average molecular weight is 539 g/mol. The first-order chi connectivity index (χ1) is 17.0.